The minimum absolute atomic E-state index is 0.209. The normalized spacial score (nSPS) is 14.6. The molecular weight excluding hydrogens is 466 g/mol. The molecule has 10 nitrogen and oxygen atoms in total. The number of nitrogens with one attached hydrogen (secondary N) is 3. The Morgan fingerprint density at radius 3 is 2.51 bits per heavy atom. The first-order valence-electron chi connectivity index (χ1n) is 12.0. The third-order valence-corrected chi connectivity index (χ3v) is 6.41. The van der Waals surface area contributed by atoms with Crippen LogP contribution in [-0.4, -0.2) is 95.4 Å². The molecule has 1 aliphatic rings. The standard InChI is InChI=1S/C24H35N7O3S/c1-4-29(5-2)11-10-25-23(35)27-19-7-8-20-18(16-19)6-9-21(28-20)30-12-14-31(15-13-30)22(32)17(3)26-24(33)34/h6-9,16-17,26H,4-5,10-15H2,1-3H3,(H,33,34)(H2,25,27,35). The molecule has 0 radical (unpaired) electrons. The number of likely N-dealkylation sites (N-methyl/N-ethyl adjacent to an activating group) is 1. The third-order valence-electron chi connectivity index (χ3n) is 6.17. The van der Waals surface area contributed by atoms with Crippen LogP contribution in [0.1, 0.15) is 20.8 Å². The van der Waals surface area contributed by atoms with E-state index in [4.69, 9.17) is 22.3 Å². The van der Waals surface area contributed by atoms with E-state index in [1.807, 2.05) is 30.3 Å². The number of pyridine rings is 1. The van der Waals surface area contributed by atoms with Gasteiger partial charge in [-0.1, -0.05) is 13.8 Å². The van der Waals surface area contributed by atoms with Gasteiger partial charge in [-0.15, -0.1) is 0 Å². The van der Waals surface area contributed by atoms with Crippen LogP contribution in [-0.2, 0) is 4.79 Å². The van der Waals surface area contributed by atoms with Gasteiger partial charge in [0.05, 0.1) is 5.52 Å². The highest BCUT2D eigenvalue weighted by molar-refractivity contribution is 7.80. The molecule has 1 saturated heterocycles. The SMILES string of the molecule is CCN(CC)CCNC(=S)Nc1ccc2nc(N3CCN(C(=O)C(C)NC(=O)O)CC3)ccc2c1. The van der Waals surface area contributed by atoms with E-state index in [1.165, 1.54) is 0 Å². The van der Waals surface area contributed by atoms with E-state index in [2.05, 4.69) is 39.6 Å². The number of fused-ring (bicyclic) bond motifs is 1. The predicted octanol–water partition coefficient (Wildman–Crippen LogP) is 2.17. The lowest BCUT2D eigenvalue weighted by Crippen LogP contribution is -2.54. The molecule has 0 saturated carbocycles. The van der Waals surface area contributed by atoms with Gasteiger partial charge in [0.2, 0.25) is 5.91 Å². The van der Waals surface area contributed by atoms with Crippen molar-refractivity contribution in [3.8, 4) is 0 Å². The monoisotopic (exact) mass is 501 g/mol. The zero-order chi connectivity index (χ0) is 25.4. The number of carboxylic acid groups (broad SMARTS) is 1. The summed E-state index contributed by atoms with van der Waals surface area (Å²) in [5.74, 6) is 0.648. The maximum atomic E-state index is 12.4. The molecule has 1 fully saturated rings. The van der Waals surface area contributed by atoms with Crippen LogP contribution in [0, 0.1) is 0 Å². The Bertz CT molecular complexity index is 1040. The highest BCUT2D eigenvalue weighted by atomic mass is 32.1. The molecule has 0 spiro atoms. The van der Waals surface area contributed by atoms with Gasteiger partial charge in [-0.2, -0.15) is 0 Å². The average molecular weight is 502 g/mol. The van der Waals surface area contributed by atoms with Gasteiger partial charge in [0.15, 0.2) is 5.11 Å². The number of aromatic nitrogens is 1. The summed E-state index contributed by atoms with van der Waals surface area (Å²) in [6.45, 7) is 12.0. The summed E-state index contributed by atoms with van der Waals surface area (Å²) in [6, 6.07) is 9.22. The number of carbonyl (C=O) groups excluding carboxylic acids is 1. The smallest absolute Gasteiger partial charge is 0.405 e. The summed E-state index contributed by atoms with van der Waals surface area (Å²) in [5, 5.41) is 19.1. The van der Waals surface area contributed by atoms with Gasteiger partial charge in [-0.3, -0.25) is 4.79 Å². The first-order valence-corrected chi connectivity index (χ1v) is 12.4. The Morgan fingerprint density at radius 2 is 1.86 bits per heavy atom. The number of anilines is 2. The molecule has 1 unspecified atom stereocenters. The minimum Gasteiger partial charge on any atom is -0.465 e. The second-order valence-electron chi connectivity index (χ2n) is 8.47. The third kappa shape index (κ3) is 7.40. The second kappa shape index (κ2) is 12.5. The van der Waals surface area contributed by atoms with Gasteiger partial charge < -0.3 is 35.8 Å². The number of hydrogen-bond donors (Lipinski definition) is 4. The van der Waals surface area contributed by atoms with E-state index in [0.717, 1.165) is 48.6 Å². The summed E-state index contributed by atoms with van der Waals surface area (Å²) in [7, 11) is 0. The van der Waals surface area contributed by atoms with Crippen molar-refractivity contribution in [2.24, 2.45) is 0 Å². The number of rotatable bonds is 9. The number of amides is 2. The first-order chi connectivity index (χ1) is 16.8. The van der Waals surface area contributed by atoms with Crippen LogP contribution in [0.5, 0.6) is 0 Å². The molecule has 2 aromatic rings. The number of nitrogens with zero attached hydrogens (tertiary/aromatic N) is 4. The van der Waals surface area contributed by atoms with Crippen molar-refractivity contribution in [1.29, 1.82) is 0 Å². The van der Waals surface area contributed by atoms with Crippen molar-refractivity contribution < 1.29 is 14.7 Å². The van der Waals surface area contributed by atoms with E-state index < -0.39 is 12.1 Å². The molecule has 1 aromatic heterocycles. The summed E-state index contributed by atoms with van der Waals surface area (Å²) < 4.78 is 0. The Labute approximate surface area is 211 Å². The van der Waals surface area contributed by atoms with Crippen LogP contribution in [0.2, 0.25) is 0 Å². The zero-order valence-electron chi connectivity index (χ0n) is 20.6. The van der Waals surface area contributed by atoms with Crippen molar-refractivity contribution in [3.63, 3.8) is 0 Å². The fraction of sp³-hybridized carbons (Fsp3) is 0.500. The van der Waals surface area contributed by atoms with Crippen LogP contribution in [0.15, 0.2) is 30.3 Å². The first kappa shape index (κ1) is 26.4. The minimum atomic E-state index is -1.20. The van der Waals surface area contributed by atoms with Crippen molar-refractivity contribution >= 4 is 51.7 Å². The molecule has 1 aromatic carbocycles. The lowest BCUT2D eigenvalue weighted by Gasteiger charge is -2.36. The van der Waals surface area contributed by atoms with Gasteiger partial charge in [-0.05, 0) is 62.6 Å². The molecule has 1 aliphatic heterocycles. The Morgan fingerprint density at radius 1 is 1.14 bits per heavy atom. The number of thiocarbonyl (C=S) groups is 1. The molecule has 190 valence electrons. The Balaban J connectivity index is 1.54. The molecule has 0 aliphatic carbocycles. The maximum absolute atomic E-state index is 12.4. The predicted molar refractivity (Wildman–Crippen MR) is 143 cm³/mol. The largest absolute Gasteiger partial charge is 0.465 e. The lowest BCUT2D eigenvalue weighted by molar-refractivity contribution is -0.133. The molecule has 35 heavy (non-hydrogen) atoms. The van der Waals surface area contributed by atoms with Gasteiger partial charge in [0.25, 0.3) is 0 Å². The van der Waals surface area contributed by atoms with Gasteiger partial charge in [-0.25, -0.2) is 9.78 Å². The molecule has 2 heterocycles. The maximum Gasteiger partial charge on any atom is 0.405 e. The van der Waals surface area contributed by atoms with Crippen molar-refractivity contribution in [2.45, 2.75) is 26.8 Å². The fourth-order valence-electron chi connectivity index (χ4n) is 4.09. The molecule has 0 bridgehead atoms. The van der Waals surface area contributed by atoms with E-state index in [9.17, 15) is 9.59 Å². The Kier molecular flexibility index (Phi) is 9.44. The quantitative estimate of drug-likeness (QED) is 0.384. The zero-order valence-corrected chi connectivity index (χ0v) is 21.4. The highest BCUT2D eigenvalue weighted by Crippen LogP contribution is 2.22. The van der Waals surface area contributed by atoms with Crippen molar-refractivity contribution in [2.75, 3.05) is 62.6 Å². The molecule has 1 atom stereocenters. The molecule has 2 amide bonds. The van der Waals surface area contributed by atoms with Crippen LogP contribution < -0.4 is 20.9 Å². The Hall–Kier alpha value is -3.18. The van der Waals surface area contributed by atoms with Crippen molar-refractivity contribution in [1.82, 2.24) is 25.4 Å². The second-order valence-corrected chi connectivity index (χ2v) is 8.88. The van der Waals surface area contributed by atoms with E-state index in [0.29, 0.717) is 31.3 Å². The number of piperazine rings is 1. The van der Waals surface area contributed by atoms with Crippen molar-refractivity contribution in [3.05, 3.63) is 30.3 Å². The summed E-state index contributed by atoms with van der Waals surface area (Å²) in [4.78, 5) is 34.2. The lowest BCUT2D eigenvalue weighted by atomic mass is 10.2. The van der Waals surface area contributed by atoms with Crippen LogP contribution in [0.25, 0.3) is 10.9 Å². The number of carbonyl (C=O) groups is 2. The fourth-order valence-corrected chi connectivity index (χ4v) is 4.31. The van der Waals surface area contributed by atoms with Gasteiger partial charge >= 0.3 is 6.09 Å². The summed E-state index contributed by atoms with van der Waals surface area (Å²) in [6.07, 6.45) is -1.20. The van der Waals surface area contributed by atoms with Crippen LogP contribution in [0.4, 0.5) is 16.3 Å². The molecular formula is C24H35N7O3S. The van der Waals surface area contributed by atoms with E-state index >= 15 is 0 Å². The summed E-state index contributed by atoms with van der Waals surface area (Å²) >= 11 is 5.43. The molecule has 3 rings (SSSR count). The molecule has 4 N–H and O–H groups in total. The number of benzene rings is 1. The van der Waals surface area contributed by atoms with E-state index in [-0.39, 0.29) is 5.91 Å². The highest BCUT2D eigenvalue weighted by Gasteiger charge is 2.26. The van der Waals surface area contributed by atoms with Gasteiger partial charge in [0, 0.05) is 50.3 Å². The summed E-state index contributed by atoms with van der Waals surface area (Å²) in [5.41, 5.74) is 1.79. The molecule has 11 heteroatoms. The van der Waals surface area contributed by atoms with Crippen LogP contribution >= 0.6 is 12.2 Å². The topological polar surface area (TPSA) is 113 Å². The van der Waals surface area contributed by atoms with Crippen LogP contribution in [0.3, 0.4) is 0 Å². The van der Waals surface area contributed by atoms with E-state index in [1.54, 1.807) is 11.8 Å². The average Bonchev–Trinajstić information content (AvgIpc) is 2.85. The van der Waals surface area contributed by atoms with Gasteiger partial charge in [0.1, 0.15) is 11.9 Å². The number of hydrogen-bond acceptors (Lipinski definition) is 6.